The van der Waals surface area contributed by atoms with Gasteiger partial charge < -0.3 is 0 Å². The molecule has 0 aliphatic heterocycles. The standard InChI is InChI=1S/C11H9N3/c1-9-13-7-11(14(9)8-12)10-5-3-2-4-6-10/h2-7H,1H3. The second-order valence-corrected chi connectivity index (χ2v) is 2.99. The Bertz CT molecular complexity index is 477. The van der Waals surface area contributed by atoms with Gasteiger partial charge >= 0.3 is 0 Å². The molecule has 0 amide bonds. The number of aryl methyl sites for hydroxylation is 1. The minimum absolute atomic E-state index is 0.714. The molecule has 68 valence electrons. The topological polar surface area (TPSA) is 41.6 Å². The van der Waals surface area contributed by atoms with Crippen molar-refractivity contribution >= 4 is 0 Å². The van der Waals surface area contributed by atoms with Gasteiger partial charge in [-0.05, 0) is 6.92 Å². The number of aromatic nitrogens is 2. The van der Waals surface area contributed by atoms with Crippen LogP contribution < -0.4 is 0 Å². The summed E-state index contributed by atoms with van der Waals surface area (Å²) in [5.41, 5.74) is 1.85. The molecule has 3 heteroatoms. The fourth-order valence-electron chi connectivity index (χ4n) is 1.38. The maximum absolute atomic E-state index is 8.92. The monoisotopic (exact) mass is 183 g/mol. The van der Waals surface area contributed by atoms with Gasteiger partial charge in [0.2, 0.25) is 0 Å². The number of rotatable bonds is 1. The number of imidazole rings is 1. The third kappa shape index (κ3) is 1.27. The second kappa shape index (κ2) is 3.35. The summed E-state index contributed by atoms with van der Waals surface area (Å²) in [6, 6.07) is 9.76. The third-order valence-corrected chi connectivity index (χ3v) is 2.11. The minimum atomic E-state index is 0.714. The van der Waals surface area contributed by atoms with E-state index in [9.17, 15) is 0 Å². The van der Waals surface area contributed by atoms with E-state index in [1.807, 2.05) is 37.3 Å². The van der Waals surface area contributed by atoms with E-state index in [-0.39, 0.29) is 0 Å². The van der Waals surface area contributed by atoms with Crippen LogP contribution in [0.25, 0.3) is 11.3 Å². The van der Waals surface area contributed by atoms with Gasteiger partial charge in [-0.3, -0.25) is 0 Å². The van der Waals surface area contributed by atoms with Gasteiger partial charge in [-0.2, -0.15) is 5.26 Å². The van der Waals surface area contributed by atoms with Crippen molar-refractivity contribution in [2.45, 2.75) is 6.92 Å². The van der Waals surface area contributed by atoms with E-state index in [0.717, 1.165) is 11.3 Å². The number of benzene rings is 1. The predicted octanol–water partition coefficient (Wildman–Crippen LogP) is 2.19. The van der Waals surface area contributed by atoms with Crippen molar-refractivity contribution in [3.05, 3.63) is 42.4 Å². The largest absolute Gasteiger partial charge is 0.240 e. The lowest BCUT2D eigenvalue weighted by Crippen LogP contribution is -1.93. The molecule has 0 saturated carbocycles. The minimum Gasteiger partial charge on any atom is -0.240 e. The summed E-state index contributed by atoms with van der Waals surface area (Å²) in [5.74, 6) is 0.714. The first-order valence-corrected chi connectivity index (χ1v) is 4.33. The Kier molecular flexibility index (Phi) is 2.04. The van der Waals surface area contributed by atoms with Gasteiger partial charge in [0, 0.05) is 5.56 Å². The molecular weight excluding hydrogens is 174 g/mol. The fourth-order valence-corrected chi connectivity index (χ4v) is 1.38. The van der Waals surface area contributed by atoms with Gasteiger partial charge in [0.1, 0.15) is 5.82 Å². The van der Waals surface area contributed by atoms with Crippen molar-refractivity contribution in [3.8, 4) is 17.5 Å². The van der Waals surface area contributed by atoms with Crippen LogP contribution in [0.15, 0.2) is 36.5 Å². The predicted molar refractivity (Wildman–Crippen MR) is 53.4 cm³/mol. The molecule has 3 nitrogen and oxygen atoms in total. The first-order chi connectivity index (χ1) is 6.83. The molecule has 0 saturated heterocycles. The third-order valence-electron chi connectivity index (χ3n) is 2.11. The zero-order chi connectivity index (χ0) is 9.97. The molecule has 0 aliphatic carbocycles. The zero-order valence-corrected chi connectivity index (χ0v) is 7.81. The first-order valence-electron chi connectivity index (χ1n) is 4.33. The van der Waals surface area contributed by atoms with Crippen LogP contribution in [-0.4, -0.2) is 9.55 Å². The van der Waals surface area contributed by atoms with Gasteiger partial charge in [-0.25, -0.2) is 9.55 Å². The lowest BCUT2D eigenvalue weighted by atomic mass is 10.2. The van der Waals surface area contributed by atoms with E-state index in [1.54, 1.807) is 6.20 Å². The van der Waals surface area contributed by atoms with Crippen LogP contribution in [0.5, 0.6) is 0 Å². The second-order valence-electron chi connectivity index (χ2n) is 2.99. The molecule has 1 aromatic carbocycles. The highest BCUT2D eigenvalue weighted by Crippen LogP contribution is 2.18. The molecule has 0 N–H and O–H groups in total. The van der Waals surface area contributed by atoms with Gasteiger partial charge in [0.15, 0.2) is 6.19 Å². The smallest absolute Gasteiger partial charge is 0.190 e. The van der Waals surface area contributed by atoms with E-state index in [1.165, 1.54) is 4.57 Å². The van der Waals surface area contributed by atoms with Crippen molar-refractivity contribution < 1.29 is 0 Å². The highest BCUT2D eigenvalue weighted by Gasteiger charge is 2.06. The summed E-state index contributed by atoms with van der Waals surface area (Å²) < 4.78 is 1.52. The van der Waals surface area contributed by atoms with Crippen LogP contribution >= 0.6 is 0 Å². The molecule has 2 rings (SSSR count). The summed E-state index contributed by atoms with van der Waals surface area (Å²) in [6.07, 6.45) is 3.81. The number of nitrogens with zero attached hydrogens (tertiary/aromatic N) is 3. The molecule has 0 atom stereocenters. The lowest BCUT2D eigenvalue weighted by molar-refractivity contribution is 0.996. The van der Waals surface area contributed by atoms with Crippen molar-refractivity contribution in [2.75, 3.05) is 0 Å². The highest BCUT2D eigenvalue weighted by molar-refractivity contribution is 5.60. The van der Waals surface area contributed by atoms with Gasteiger partial charge in [0.05, 0.1) is 11.9 Å². The van der Waals surface area contributed by atoms with Gasteiger partial charge in [-0.15, -0.1) is 0 Å². The Hall–Kier alpha value is -2.08. The molecular formula is C11H9N3. The molecule has 0 bridgehead atoms. The van der Waals surface area contributed by atoms with Crippen molar-refractivity contribution in [3.63, 3.8) is 0 Å². The number of hydrogen-bond donors (Lipinski definition) is 0. The Morgan fingerprint density at radius 1 is 1.29 bits per heavy atom. The molecule has 1 heterocycles. The van der Waals surface area contributed by atoms with E-state index in [2.05, 4.69) is 11.2 Å². The highest BCUT2D eigenvalue weighted by atomic mass is 15.1. The summed E-state index contributed by atoms with van der Waals surface area (Å²) >= 11 is 0. The SMILES string of the molecule is Cc1ncc(-c2ccccc2)n1C#N. The quantitative estimate of drug-likeness (QED) is 0.680. The van der Waals surface area contributed by atoms with Gasteiger partial charge in [-0.1, -0.05) is 30.3 Å². The van der Waals surface area contributed by atoms with Crippen molar-refractivity contribution in [1.29, 1.82) is 5.26 Å². The Balaban J connectivity index is 2.59. The van der Waals surface area contributed by atoms with Crippen LogP contribution in [0, 0.1) is 18.4 Å². The Morgan fingerprint density at radius 3 is 2.64 bits per heavy atom. The maximum atomic E-state index is 8.92. The first kappa shape index (κ1) is 8.52. The molecule has 1 aromatic heterocycles. The Morgan fingerprint density at radius 2 is 2.00 bits per heavy atom. The van der Waals surface area contributed by atoms with E-state index in [4.69, 9.17) is 5.26 Å². The number of hydrogen-bond acceptors (Lipinski definition) is 2. The van der Waals surface area contributed by atoms with Crippen molar-refractivity contribution in [2.24, 2.45) is 0 Å². The molecule has 0 unspecified atom stereocenters. The van der Waals surface area contributed by atoms with Crippen molar-refractivity contribution in [1.82, 2.24) is 9.55 Å². The maximum Gasteiger partial charge on any atom is 0.190 e. The molecule has 0 spiro atoms. The van der Waals surface area contributed by atoms with Gasteiger partial charge in [0.25, 0.3) is 0 Å². The molecule has 0 fully saturated rings. The van der Waals surface area contributed by atoms with Crippen LogP contribution in [0.1, 0.15) is 5.82 Å². The zero-order valence-electron chi connectivity index (χ0n) is 7.81. The van der Waals surface area contributed by atoms with Crippen LogP contribution in [-0.2, 0) is 0 Å². The summed E-state index contributed by atoms with van der Waals surface area (Å²) in [7, 11) is 0. The molecule has 2 aromatic rings. The molecule has 14 heavy (non-hydrogen) atoms. The summed E-state index contributed by atoms with van der Waals surface area (Å²) in [6.45, 7) is 1.82. The normalized spacial score (nSPS) is 9.71. The summed E-state index contributed by atoms with van der Waals surface area (Å²) in [4.78, 5) is 4.10. The van der Waals surface area contributed by atoms with Crippen LogP contribution in [0.2, 0.25) is 0 Å². The molecule has 0 radical (unpaired) electrons. The average Bonchev–Trinajstić information content (AvgIpc) is 2.61. The van der Waals surface area contributed by atoms with E-state index < -0.39 is 0 Å². The summed E-state index contributed by atoms with van der Waals surface area (Å²) in [5, 5.41) is 8.92. The number of nitriles is 1. The van der Waals surface area contributed by atoms with E-state index in [0.29, 0.717) is 5.82 Å². The fraction of sp³-hybridized carbons (Fsp3) is 0.0909. The van der Waals surface area contributed by atoms with Crippen LogP contribution in [0.4, 0.5) is 0 Å². The Labute approximate surface area is 82.2 Å². The lowest BCUT2D eigenvalue weighted by Gasteiger charge is -1.99. The average molecular weight is 183 g/mol. The molecule has 0 aliphatic rings. The van der Waals surface area contributed by atoms with Crippen LogP contribution in [0.3, 0.4) is 0 Å². The van der Waals surface area contributed by atoms with E-state index >= 15 is 0 Å².